The van der Waals surface area contributed by atoms with E-state index < -0.39 is 17.8 Å². The third-order valence-corrected chi connectivity index (χ3v) is 8.51. The molecular weight excluding hydrogens is 563 g/mol. The van der Waals surface area contributed by atoms with Crippen molar-refractivity contribution in [3.05, 3.63) is 150 Å². The zero-order chi connectivity index (χ0) is 30.8. The Balaban J connectivity index is 1.49. The Morgan fingerprint density at radius 1 is 0.889 bits per heavy atom. The van der Waals surface area contributed by atoms with Crippen LogP contribution < -0.4 is 10.6 Å². The number of carbonyl (C=O) groups excluding carboxylic acids is 1. The molecule has 2 atom stereocenters. The van der Waals surface area contributed by atoms with Crippen molar-refractivity contribution in [1.29, 1.82) is 0 Å². The highest BCUT2D eigenvalue weighted by molar-refractivity contribution is 5.94. The molecule has 1 amide bonds. The van der Waals surface area contributed by atoms with Gasteiger partial charge in [-0.05, 0) is 41.8 Å². The number of benzene rings is 3. The highest BCUT2D eigenvalue weighted by atomic mass is 19.1. The van der Waals surface area contributed by atoms with Gasteiger partial charge in [0.2, 0.25) is 5.91 Å². The Bertz CT molecular complexity index is 1850. The third kappa shape index (κ3) is 5.27. The maximum atomic E-state index is 14.2. The summed E-state index contributed by atoms with van der Waals surface area (Å²) in [6, 6.07) is 36.4. The largest absolute Gasteiger partial charge is 0.349 e. The van der Waals surface area contributed by atoms with Gasteiger partial charge < -0.3 is 10.6 Å². The van der Waals surface area contributed by atoms with Gasteiger partial charge in [-0.2, -0.15) is 5.10 Å². The smallest absolute Gasteiger partial charge is 0.226 e. The second kappa shape index (κ2) is 12.1. The van der Waals surface area contributed by atoms with Gasteiger partial charge in [0, 0.05) is 42.1 Å². The summed E-state index contributed by atoms with van der Waals surface area (Å²) < 4.78 is 16.3. The quantitative estimate of drug-likeness (QED) is 0.223. The van der Waals surface area contributed by atoms with Crippen molar-refractivity contribution < 1.29 is 9.18 Å². The van der Waals surface area contributed by atoms with Crippen LogP contribution in [0.25, 0.3) is 22.2 Å². The van der Waals surface area contributed by atoms with Crippen molar-refractivity contribution in [2.24, 2.45) is 0 Å². The van der Waals surface area contributed by atoms with E-state index in [1.807, 2.05) is 79.7 Å². The van der Waals surface area contributed by atoms with E-state index in [1.165, 1.54) is 0 Å². The van der Waals surface area contributed by atoms with Gasteiger partial charge in [0.1, 0.15) is 17.4 Å². The predicted octanol–water partition coefficient (Wildman–Crippen LogP) is 5.61. The number of amides is 1. The minimum atomic E-state index is -1.11. The number of aromatic nitrogens is 4. The fraction of sp³-hybridized carbons (Fsp3) is 0.189. The number of nitrogens with one attached hydrogen (secondary N) is 2. The first-order chi connectivity index (χ1) is 22.0. The summed E-state index contributed by atoms with van der Waals surface area (Å²) in [6.07, 6.45) is 2.49. The molecule has 6 aromatic rings. The van der Waals surface area contributed by atoms with E-state index >= 15 is 0 Å². The van der Waals surface area contributed by atoms with Gasteiger partial charge >= 0.3 is 0 Å². The van der Waals surface area contributed by atoms with Gasteiger partial charge in [0.15, 0.2) is 0 Å². The molecule has 4 heterocycles. The molecule has 1 aliphatic rings. The van der Waals surface area contributed by atoms with Gasteiger partial charge in [-0.15, -0.1) is 0 Å². The lowest BCUT2D eigenvalue weighted by Gasteiger charge is -2.37. The molecule has 0 spiro atoms. The Morgan fingerprint density at radius 2 is 1.51 bits per heavy atom. The molecule has 224 valence electrons. The van der Waals surface area contributed by atoms with Crippen LogP contribution in [-0.2, 0) is 16.8 Å². The molecule has 3 aromatic heterocycles. The molecule has 0 bridgehead atoms. The van der Waals surface area contributed by atoms with E-state index in [2.05, 4.69) is 56.7 Å². The number of pyridine rings is 2. The van der Waals surface area contributed by atoms with E-state index in [-0.39, 0.29) is 18.9 Å². The number of aryl methyl sites for hydroxylation is 1. The molecule has 8 heteroatoms. The van der Waals surface area contributed by atoms with Crippen LogP contribution in [0.1, 0.15) is 28.1 Å². The summed E-state index contributed by atoms with van der Waals surface area (Å²) in [5, 5.41) is 12.1. The number of rotatable bonds is 8. The molecule has 0 unspecified atom stereocenters. The first-order valence-corrected chi connectivity index (χ1v) is 15.2. The number of carbonyl (C=O) groups is 1. The highest BCUT2D eigenvalue weighted by Crippen LogP contribution is 2.44. The van der Waals surface area contributed by atoms with Crippen LogP contribution in [0.3, 0.4) is 0 Å². The number of hydrogen-bond acceptors (Lipinski definition) is 5. The molecular formula is C37H33FN6O. The fourth-order valence-corrected chi connectivity index (χ4v) is 6.43. The molecule has 1 aliphatic heterocycles. The molecule has 7 rings (SSSR count). The summed E-state index contributed by atoms with van der Waals surface area (Å²) in [5.41, 5.74) is 6.18. The van der Waals surface area contributed by atoms with Crippen LogP contribution in [0.15, 0.2) is 122 Å². The number of nitrogens with zero attached hydrogens (tertiary/aromatic N) is 4. The Labute approximate surface area is 261 Å². The van der Waals surface area contributed by atoms with Crippen molar-refractivity contribution in [3.8, 4) is 11.3 Å². The molecule has 1 saturated heterocycles. The Hall–Kier alpha value is -5.21. The van der Waals surface area contributed by atoms with E-state index in [0.29, 0.717) is 12.2 Å². The summed E-state index contributed by atoms with van der Waals surface area (Å²) in [6.45, 7) is 2.61. The average Bonchev–Trinajstić information content (AvgIpc) is 3.66. The van der Waals surface area contributed by atoms with E-state index in [9.17, 15) is 9.18 Å². The zero-order valence-electron chi connectivity index (χ0n) is 24.9. The topological polar surface area (TPSA) is 84.7 Å². The lowest BCUT2D eigenvalue weighted by atomic mass is 9.77. The van der Waals surface area contributed by atoms with Gasteiger partial charge in [-0.1, -0.05) is 91.0 Å². The van der Waals surface area contributed by atoms with Gasteiger partial charge in [-0.3, -0.25) is 14.8 Å². The van der Waals surface area contributed by atoms with E-state index in [4.69, 9.17) is 10.1 Å². The Kier molecular flexibility index (Phi) is 7.65. The van der Waals surface area contributed by atoms with Crippen LogP contribution in [0.5, 0.6) is 0 Å². The van der Waals surface area contributed by atoms with Crippen molar-refractivity contribution in [3.63, 3.8) is 0 Å². The zero-order valence-corrected chi connectivity index (χ0v) is 24.9. The monoisotopic (exact) mass is 596 g/mol. The molecule has 2 N–H and O–H groups in total. The molecule has 0 aliphatic carbocycles. The van der Waals surface area contributed by atoms with Gasteiger partial charge in [0.25, 0.3) is 0 Å². The molecule has 3 aromatic carbocycles. The highest BCUT2D eigenvalue weighted by Gasteiger charge is 2.41. The van der Waals surface area contributed by atoms with Crippen LogP contribution in [0, 0.1) is 6.92 Å². The Morgan fingerprint density at radius 3 is 2.07 bits per heavy atom. The second-order valence-corrected chi connectivity index (χ2v) is 11.5. The number of fused-ring (bicyclic) bond motifs is 1. The molecule has 45 heavy (non-hydrogen) atoms. The second-order valence-electron chi connectivity index (χ2n) is 11.5. The number of hydrogen-bond donors (Lipinski definition) is 2. The molecule has 7 nitrogen and oxygen atoms in total. The summed E-state index contributed by atoms with van der Waals surface area (Å²) in [7, 11) is 0. The first kappa shape index (κ1) is 28.6. The van der Waals surface area contributed by atoms with Crippen LogP contribution in [-0.4, -0.2) is 51.0 Å². The summed E-state index contributed by atoms with van der Waals surface area (Å²) >= 11 is 0. The summed E-state index contributed by atoms with van der Waals surface area (Å²) in [5.74, 6) is -0.269. The molecule has 0 radical (unpaired) electrons. The van der Waals surface area contributed by atoms with Crippen molar-refractivity contribution in [2.75, 3.05) is 13.1 Å². The van der Waals surface area contributed by atoms with Crippen LogP contribution in [0.4, 0.5) is 4.39 Å². The minimum absolute atomic E-state index is 0.0169. The molecule has 1 fully saturated rings. The van der Waals surface area contributed by atoms with Crippen LogP contribution >= 0.6 is 0 Å². The number of alkyl halides is 1. The number of halogens is 1. The van der Waals surface area contributed by atoms with Crippen molar-refractivity contribution in [1.82, 2.24) is 30.4 Å². The normalized spacial score (nSPS) is 16.6. The summed E-state index contributed by atoms with van der Waals surface area (Å²) in [4.78, 5) is 22.2. The van der Waals surface area contributed by atoms with Crippen molar-refractivity contribution >= 4 is 16.8 Å². The maximum Gasteiger partial charge on any atom is 0.226 e. The lowest BCUT2D eigenvalue weighted by molar-refractivity contribution is -0.121. The van der Waals surface area contributed by atoms with Gasteiger partial charge in [0.05, 0.1) is 23.7 Å². The minimum Gasteiger partial charge on any atom is -0.349 e. The van der Waals surface area contributed by atoms with Crippen LogP contribution in [0.2, 0.25) is 0 Å². The standard InChI is InChI=1S/C37H33FN6O/c1-25-19-26(17-18-40-25)36-31-22-41-30(21-35(45)42-33-24-39-23-32(33)38)20-34(31)44(43-36)37(27-11-5-2-6-12-27,28-13-7-3-8-14-28)29-15-9-4-10-16-29/h2-20,22,32-33,39H,21,23-24H2,1H3,(H,42,45)/t32-,33-/m0/s1. The molecule has 0 saturated carbocycles. The third-order valence-electron chi connectivity index (χ3n) is 8.51. The van der Waals surface area contributed by atoms with Crippen molar-refractivity contribution in [2.45, 2.75) is 31.1 Å². The predicted molar refractivity (Wildman–Crippen MR) is 174 cm³/mol. The SMILES string of the molecule is Cc1cc(-c2nn(C(c3ccccc3)(c3ccccc3)c3ccccc3)c3cc(CC(=O)N[C@H]4CNC[C@@H]4F)ncc23)ccn1. The average molecular weight is 597 g/mol. The first-order valence-electron chi connectivity index (χ1n) is 15.2. The van der Waals surface area contributed by atoms with E-state index in [0.717, 1.165) is 44.5 Å². The maximum absolute atomic E-state index is 14.2. The lowest BCUT2D eigenvalue weighted by Crippen LogP contribution is -2.42. The van der Waals surface area contributed by atoms with Gasteiger partial charge in [-0.25, -0.2) is 9.07 Å². The van der Waals surface area contributed by atoms with E-state index in [1.54, 1.807) is 12.4 Å². The fourth-order valence-electron chi connectivity index (χ4n) is 6.43.